The lowest BCUT2D eigenvalue weighted by Crippen LogP contribution is -2.57. The van der Waals surface area contributed by atoms with E-state index < -0.39 is 35.5 Å². The smallest absolute Gasteiger partial charge is 0.262 e. The Balaban J connectivity index is 1.92. The van der Waals surface area contributed by atoms with Crippen LogP contribution in [-0.4, -0.2) is 39.8 Å². The molecule has 3 amide bonds. The van der Waals surface area contributed by atoms with Crippen LogP contribution in [0.25, 0.3) is 0 Å². The molecule has 0 aliphatic carbocycles. The van der Waals surface area contributed by atoms with Crippen LogP contribution >= 0.6 is 0 Å². The molecule has 2 heterocycles. The van der Waals surface area contributed by atoms with Gasteiger partial charge in [0.1, 0.15) is 12.2 Å². The Kier molecular flexibility index (Phi) is 5.27. The van der Waals surface area contributed by atoms with Gasteiger partial charge in [0, 0.05) is 6.20 Å². The number of pyridine rings is 1. The zero-order valence-corrected chi connectivity index (χ0v) is 16.0. The van der Waals surface area contributed by atoms with Crippen molar-refractivity contribution in [1.29, 1.82) is 0 Å². The summed E-state index contributed by atoms with van der Waals surface area (Å²) in [6.45, 7) is 5.02. The third-order valence-electron chi connectivity index (χ3n) is 4.85. The number of nitrogens with one attached hydrogen (secondary N) is 1. The number of carbonyl (C=O) groups is 3. The van der Waals surface area contributed by atoms with Gasteiger partial charge in [-0.1, -0.05) is 25.1 Å². The first-order valence-corrected chi connectivity index (χ1v) is 9.12. The Morgan fingerprint density at radius 3 is 2.18 bits per heavy atom. The van der Waals surface area contributed by atoms with Gasteiger partial charge in [-0.2, -0.15) is 0 Å². The van der Waals surface area contributed by atoms with E-state index in [1.54, 1.807) is 57.3 Å². The molecule has 146 valence electrons. The van der Waals surface area contributed by atoms with Gasteiger partial charge in [0.05, 0.1) is 22.4 Å². The summed E-state index contributed by atoms with van der Waals surface area (Å²) in [7, 11) is 0. The second kappa shape index (κ2) is 7.50. The number of amides is 3. The van der Waals surface area contributed by atoms with Crippen LogP contribution in [0.15, 0.2) is 48.7 Å². The molecule has 28 heavy (non-hydrogen) atoms. The van der Waals surface area contributed by atoms with Crippen LogP contribution in [0.3, 0.4) is 0 Å². The van der Waals surface area contributed by atoms with Crippen LogP contribution in [0.5, 0.6) is 0 Å². The fraction of sp³-hybridized carbons (Fsp3) is 0.333. The fourth-order valence-electron chi connectivity index (χ4n) is 3.31. The Labute approximate surface area is 162 Å². The van der Waals surface area contributed by atoms with Crippen LogP contribution < -0.4 is 5.32 Å². The maximum atomic E-state index is 14.8. The zero-order chi connectivity index (χ0) is 20.5. The highest BCUT2D eigenvalue weighted by Gasteiger charge is 2.46. The minimum atomic E-state index is -1.69. The van der Waals surface area contributed by atoms with Gasteiger partial charge in [0.25, 0.3) is 11.8 Å². The van der Waals surface area contributed by atoms with E-state index in [-0.39, 0.29) is 17.5 Å². The molecule has 0 fully saturated rings. The van der Waals surface area contributed by atoms with Gasteiger partial charge >= 0.3 is 0 Å². The number of halogens is 1. The fourth-order valence-corrected chi connectivity index (χ4v) is 3.31. The standard InChI is InChI=1S/C21H22FN3O3/c1-4-15(22)17(18(26)24-21(2,3)16-11-7-8-12-23-16)25-19(27)13-9-5-6-10-14(13)20(25)28/h5-12,15,17H,4H2,1-3H3,(H,24,26)/t15-,17-/m0/s1. The number of carbonyl (C=O) groups excluding carboxylic acids is 3. The summed E-state index contributed by atoms with van der Waals surface area (Å²) in [6.07, 6.45) is -0.119. The maximum Gasteiger partial charge on any atom is 0.262 e. The Morgan fingerprint density at radius 2 is 1.68 bits per heavy atom. The predicted octanol–water partition coefficient (Wildman–Crippen LogP) is 2.85. The number of aromatic nitrogens is 1. The van der Waals surface area contributed by atoms with Gasteiger partial charge in [-0.05, 0) is 44.5 Å². The maximum absolute atomic E-state index is 14.8. The van der Waals surface area contributed by atoms with Crippen LogP contribution in [0, 0.1) is 0 Å². The largest absolute Gasteiger partial charge is 0.344 e. The molecule has 0 saturated carbocycles. The van der Waals surface area contributed by atoms with Crippen molar-refractivity contribution in [1.82, 2.24) is 15.2 Å². The summed E-state index contributed by atoms with van der Waals surface area (Å²) in [5, 5.41) is 2.75. The zero-order valence-electron chi connectivity index (χ0n) is 16.0. The molecule has 2 atom stereocenters. The molecule has 6 nitrogen and oxygen atoms in total. The number of hydrogen-bond acceptors (Lipinski definition) is 4. The lowest BCUT2D eigenvalue weighted by Gasteiger charge is -2.32. The molecule has 0 saturated heterocycles. The number of rotatable bonds is 6. The SMILES string of the molecule is CC[C@H](F)[C@@H](C(=O)NC(C)(C)c1ccccn1)N1C(=O)c2ccccc2C1=O. The molecule has 7 heteroatoms. The van der Waals surface area contributed by atoms with Crippen molar-refractivity contribution in [3.8, 4) is 0 Å². The molecule has 1 aromatic heterocycles. The molecule has 1 N–H and O–H groups in total. The summed E-state index contributed by atoms with van der Waals surface area (Å²) >= 11 is 0. The average Bonchev–Trinajstić information content (AvgIpc) is 2.94. The number of hydrogen-bond donors (Lipinski definition) is 1. The van der Waals surface area contributed by atoms with Crippen molar-refractivity contribution in [2.24, 2.45) is 0 Å². The number of alkyl halides is 1. The van der Waals surface area contributed by atoms with E-state index in [1.165, 1.54) is 12.1 Å². The first-order valence-electron chi connectivity index (χ1n) is 9.12. The van der Waals surface area contributed by atoms with Crippen LogP contribution in [-0.2, 0) is 10.3 Å². The minimum Gasteiger partial charge on any atom is -0.344 e. The minimum absolute atomic E-state index is 0.0183. The lowest BCUT2D eigenvalue weighted by molar-refractivity contribution is -0.128. The van der Waals surface area contributed by atoms with Gasteiger partial charge in [0.15, 0.2) is 0 Å². The quantitative estimate of drug-likeness (QED) is 0.778. The van der Waals surface area contributed by atoms with Crippen molar-refractivity contribution >= 4 is 17.7 Å². The summed E-state index contributed by atoms with van der Waals surface area (Å²) in [5.74, 6) is -2.06. The molecular formula is C21H22FN3O3. The molecule has 1 aliphatic rings. The van der Waals surface area contributed by atoms with E-state index in [0.717, 1.165) is 4.90 Å². The van der Waals surface area contributed by atoms with E-state index in [2.05, 4.69) is 10.3 Å². The van der Waals surface area contributed by atoms with E-state index in [9.17, 15) is 18.8 Å². The first-order chi connectivity index (χ1) is 13.3. The Hall–Kier alpha value is -3.09. The molecule has 1 aromatic carbocycles. The second-order valence-electron chi connectivity index (χ2n) is 7.22. The van der Waals surface area contributed by atoms with E-state index in [1.807, 2.05) is 0 Å². The van der Waals surface area contributed by atoms with E-state index >= 15 is 0 Å². The number of benzene rings is 1. The molecule has 0 unspecified atom stereocenters. The van der Waals surface area contributed by atoms with Gasteiger partial charge in [-0.15, -0.1) is 0 Å². The van der Waals surface area contributed by atoms with Gasteiger partial charge in [-0.25, -0.2) is 4.39 Å². The Bertz CT molecular complexity index is 879. The number of imide groups is 1. The third-order valence-corrected chi connectivity index (χ3v) is 4.85. The molecule has 0 bridgehead atoms. The van der Waals surface area contributed by atoms with E-state index in [0.29, 0.717) is 5.69 Å². The second-order valence-corrected chi connectivity index (χ2v) is 7.22. The highest BCUT2D eigenvalue weighted by Crippen LogP contribution is 2.28. The first kappa shape index (κ1) is 19.7. The summed E-state index contributed by atoms with van der Waals surface area (Å²) in [5.41, 5.74) is 0.0227. The van der Waals surface area contributed by atoms with Crippen molar-refractivity contribution in [2.45, 2.75) is 44.9 Å². The molecule has 3 rings (SSSR count). The highest BCUT2D eigenvalue weighted by molar-refractivity contribution is 6.22. The Morgan fingerprint density at radius 1 is 1.11 bits per heavy atom. The van der Waals surface area contributed by atoms with Crippen molar-refractivity contribution in [2.75, 3.05) is 0 Å². The van der Waals surface area contributed by atoms with Crippen molar-refractivity contribution in [3.63, 3.8) is 0 Å². The normalized spacial score (nSPS) is 15.9. The topological polar surface area (TPSA) is 79.4 Å². The van der Waals surface area contributed by atoms with Gasteiger partial charge in [-0.3, -0.25) is 24.3 Å². The highest BCUT2D eigenvalue weighted by atomic mass is 19.1. The van der Waals surface area contributed by atoms with Crippen LogP contribution in [0.1, 0.15) is 53.6 Å². The van der Waals surface area contributed by atoms with E-state index in [4.69, 9.17) is 0 Å². The summed E-state index contributed by atoms with van der Waals surface area (Å²) in [4.78, 5) is 43.5. The van der Waals surface area contributed by atoms with Gasteiger partial charge in [0.2, 0.25) is 5.91 Å². The molecule has 0 radical (unpaired) electrons. The van der Waals surface area contributed by atoms with Gasteiger partial charge < -0.3 is 5.32 Å². The number of nitrogens with zero attached hydrogens (tertiary/aromatic N) is 2. The van der Waals surface area contributed by atoms with Crippen LogP contribution in [0.2, 0.25) is 0 Å². The van der Waals surface area contributed by atoms with Crippen molar-refractivity contribution < 1.29 is 18.8 Å². The molecule has 1 aliphatic heterocycles. The summed E-state index contributed by atoms with van der Waals surface area (Å²) in [6, 6.07) is 9.96. The van der Waals surface area contributed by atoms with Crippen molar-refractivity contribution in [3.05, 3.63) is 65.5 Å². The molecule has 0 spiro atoms. The molecule has 2 aromatic rings. The average molecular weight is 383 g/mol. The predicted molar refractivity (Wildman–Crippen MR) is 101 cm³/mol. The van der Waals surface area contributed by atoms with Crippen LogP contribution in [0.4, 0.5) is 4.39 Å². The lowest BCUT2D eigenvalue weighted by atomic mass is 9.98. The third kappa shape index (κ3) is 3.40. The summed E-state index contributed by atoms with van der Waals surface area (Å²) < 4.78 is 14.8. The monoisotopic (exact) mass is 383 g/mol. The number of fused-ring (bicyclic) bond motifs is 1. The molecular weight excluding hydrogens is 361 g/mol.